The SMILES string of the molecule is O=C(O)c1cc(OCc2csc3ccccc23)ccc1Cl. The van der Waals surface area contributed by atoms with Crippen LogP contribution in [0.15, 0.2) is 47.8 Å². The lowest BCUT2D eigenvalue weighted by atomic mass is 10.2. The lowest BCUT2D eigenvalue weighted by Crippen LogP contribution is -2.00. The Morgan fingerprint density at radius 3 is 2.86 bits per heavy atom. The molecule has 0 aliphatic rings. The Morgan fingerprint density at radius 2 is 2.05 bits per heavy atom. The molecule has 3 aromatic rings. The van der Waals surface area contributed by atoms with Crippen LogP contribution in [0, 0.1) is 0 Å². The Hall–Kier alpha value is -2.04. The summed E-state index contributed by atoms with van der Waals surface area (Å²) >= 11 is 7.50. The molecule has 1 N–H and O–H groups in total. The van der Waals surface area contributed by atoms with Gasteiger partial charge in [-0.15, -0.1) is 11.3 Å². The molecule has 106 valence electrons. The summed E-state index contributed by atoms with van der Waals surface area (Å²) in [5.74, 6) is -0.571. The Kier molecular flexibility index (Phi) is 3.82. The molecule has 5 heteroatoms. The number of fused-ring (bicyclic) bond motifs is 1. The maximum atomic E-state index is 11.0. The van der Waals surface area contributed by atoms with Crippen molar-refractivity contribution in [2.75, 3.05) is 0 Å². The minimum absolute atomic E-state index is 0.0457. The summed E-state index contributed by atoms with van der Waals surface area (Å²) in [5, 5.41) is 12.5. The first-order chi connectivity index (χ1) is 10.1. The van der Waals surface area contributed by atoms with Crippen molar-refractivity contribution in [3.05, 3.63) is 64.0 Å². The van der Waals surface area contributed by atoms with Crippen molar-refractivity contribution >= 4 is 39.0 Å². The summed E-state index contributed by atoms with van der Waals surface area (Å²) in [6.07, 6.45) is 0. The highest BCUT2D eigenvalue weighted by Crippen LogP contribution is 2.28. The summed E-state index contributed by atoms with van der Waals surface area (Å²) in [6, 6.07) is 12.8. The molecule has 0 amide bonds. The van der Waals surface area contributed by atoms with E-state index in [1.165, 1.54) is 16.8 Å². The van der Waals surface area contributed by atoms with Crippen molar-refractivity contribution in [2.24, 2.45) is 0 Å². The number of benzene rings is 2. The Balaban J connectivity index is 1.82. The third kappa shape index (κ3) is 2.86. The van der Waals surface area contributed by atoms with Gasteiger partial charge in [0, 0.05) is 10.3 Å². The largest absolute Gasteiger partial charge is 0.489 e. The summed E-state index contributed by atoms with van der Waals surface area (Å²) < 4.78 is 6.90. The molecule has 1 heterocycles. The van der Waals surface area contributed by atoms with Crippen LogP contribution in [0.1, 0.15) is 15.9 Å². The van der Waals surface area contributed by atoms with Crippen LogP contribution in [0.4, 0.5) is 0 Å². The van der Waals surface area contributed by atoms with Crippen molar-refractivity contribution in [2.45, 2.75) is 6.61 Å². The van der Waals surface area contributed by atoms with E-state index in [1.54, 1.807) is 17.4 Å². The van der Waals surface area contributed by atoms with Gasteiger partial charge in [0.1, 0.15) is 12.4 Å². The maximum absolute atomic E-state index is 11.0. The normalized spacial score (nSPS) is 10.7. The smallest absolute Gasteiger partial charge is 0.337 e. The van der Waals surface area contributed by atoms with Gasteiger partial charge in [0.15, 0.2) is 0 Å². The van der Waals surface area contributed by atoms with Gasteiger partial charge in [0.2, 0.25) is 0 Å². The number of hydrogen-bond donors (Lipinski definition) is 1. The van der Waals surface area contributed by atoms with E-state index >= 15 is 0 Å². The standard InChI is InChI=1S/C16H11ClO3S/c17-14-6-5-11(7-13(14)16(18)19)20-8-10-9-21-15-4-2-1-3-12(10)15/h1-7,9H,8H2,(H,18,19). The molecule has 0 spiro atoms. The number of carboxylic acid groups (broad SMARTS) is 1. The number of rotatable bonds is 4. The molecule has 0 aliphatic heterocycles. The fourth-order valence-electron chi connectivity index (χ4n) is 2.06. The molecule has 3 nitrogen and oxygen atoms in total. The van der Waals surface area contributed by atoms with Gasteiger partial charge in [-0.05, 0) is 35.0 Å². The zero-order valence-electron chi connectivity index (χ0n) is 10.9. The number of thiophene rings is 1. The Morgan fingerprint density at radius 1 is 1.24 bits per heavy atom. The fourth-order valence-corrected chi connectivity index (χ4v) is 3.21. The van der Waals surface area contributed by atoms with E-state index in [-0.39, 0.29) is 10.6 Å². The van der Waals surface area contributed by atoms with Crippen molar-refractivity contribution in [3.8, 4) is 5.75 Å². The van der Waals surface area contributed by atoms with E-state index in [2.05, 4.69) is 17.5 Å². The second-order valence-corrected chi connectivity index (χ2v) is 5.81. The van der Waals surface area contributed by atoms with E-state index in [1.807, 2.05) is 12.1 Å². The molecule has 0 saturated carbocycles. The molecule has 0 atom stereocenters. The first-order valence-electron chi connectivity index (χ1n) is 6.26. The van der Waals surface area contributed by atoms with Crippen LogP contribution in [-0.2, 0) is 6.61 Å². The second kappa shape index (κ2) is 5.76. The maximum Gasteiger partial charge on any atom is 0.337 e. The molecule has 3 rings (SSSR count). The minimum Gasteiger partial charge on any atom is -0.489 e. The lowest BCUT2D eigenvalue weighted by Gasteiger charge is -2.07. The molecule has 0 unspecified atom stereocenters. The fraction of sp³-hybridized carbons (Fsp3) is 0.0625. The van der Waals surface area contributed by atoms with Crippen LogP contribution < -0.4 is 4.74 Å². The van der Waals surface area contributed by atoms with Crippen LogP contribution in [0.5, 0.6) is 5.75 Å². The molecule has 0 bridgehead atoms. The predicted octanol–water partition coefficient (Wildman–Crippen LogP) is 4.83. The molecule has 0 saturated heterocycles. The Labute approximate surface area is 130 Å². The third-order valence-electron chi connectivity index (χ3n) is 3.12. The lowest BCUT2D eigenvalue weighted by molar-refractivity contribution is 0.0696. The summed E-state index contributed by atoms with van der Waals surface area (Å²) in [4.78, 5) is 11.0. The highest BCUT2D eigenvalue weighted by atomic mass is 35.5. The van der Waals surface area contributed by atoms with Gasteiger partial charge in [-0.3, -0.25) is 0 Å². The highest BCUT2D eigenvalue weighted by Gasteiger charge is 2.10. The average Bonchev–Trinajstić information content (AvgIpc) is 2.89. The van der Waals surface area contributed by atoms with Crippen molar-refractivity contribution in [1.29, 1.82) is 0 Å². The van der Waals surface area contributed by atoms with Gasteiger partial charge in [-0.25, -0.2) is 4.79 Å². The number of aromatic carboxylic acids is 1. The summed E-state index contributed by atoms with van der Waals surface area (Å²) in [5.41, 5.74) is 1.13. The zero-order valence-corrected chi connectivity index (χ0v) is 12.4. The number of halogens is 1. The Bertz CT molecular complexity index is 810. The monoisotopic (exact) mass is 318 g/mol. The molecule has 1 aromatic heterocycles. The third-order valence-corrected chi connectivity index (χ3v) is 4.47. The number of carbonyl (C=O) groups is 1. The van der Waals surface area contributed by atoms with E-state index in [4.69, 9.17) is 21.4 Å². The van der Waals surface area contributed by atoms with Crippen LogP contribution in [-0.4, -0.2) is 11.1 Å². The average molecular weight is 319 g/mol. The van der Waals surface area contributed by atoms with Gasteiger partial charge in [-0.2, -0.15) is 0 Å². The van der Waals surface area contributed by atoms with Crippen molar-refractivity contribution in [1.82, 2.24) is 0 Å². The quantitative estimate of drug-likeness (QED) is 0.749. The molecule has 0 fully saturated rings. The van der Waals surface area contributed by atoms with Gasteiger partial charge in [0.05, 0.1) is 10.6 Å². The van der Waals surface area contributed by atoms with Crippen LogP contribution in [0.3, 0.4) is 0 Å². The molecule has 21 heavy (non-hydrogen) atoms. The van der Waals surface area contributed by atoms with E-state index in [0.717, 1.165) is 10.9 Å². The number of hydrogen-bond acceptors (Lipinski definition) is 3. The molecular weight excluding hydrogens is 308 g/mol. The second-order valence-electron chi connectivity index (χ2n) is 4.49. The van der Waals surface area contributed by atoms with Crippen LogP contribution >= 0.6 is 22.9 Å². The topological polar surface area (TPSA) is 46.5 Å². The zero-order chi connectivity index (χ0) is 14.8. The van der Waals surface area contributed by atoms with Gasteiger partial charge < -0.3 is 9.84 Å². The number of ether oxygens (including phenoxy) is 1. The van der Waals surface area contributed by atoms with E-state index < -0.39 is 5.97 Å². The van der Waals surface area contributed by atoms with Gasteiger partial charge >= 0.3 is 5.97 Å². The number of carboxylic acids is 1. The van der Waals surface area contributed by atoms with Gasteiger partial charge in [-0.1, -0.05) is 29.8 Å². The molecule has 0 radical (unpaired) electrons. The summed E-state index contributed by atoms with van der Waals surface area (Å²) in [7, 11) is 0. The summed E-state index contributed by atoms with van der Waals surface area (Å²) in [6.45, 7) is 0.394. The minimum atomic E-state index is -1.06. The van der Waals surface area contributed by atoms with Gasteiger partial charge in [0.25, 0.3) is 0 Å². The van der Waals surface area contributed by atoms with Crippen LogP contribution in [0.2, 0.25) is 5.02 Å². The predicted molar refractivity (Wildman–Crippen MR) is 84.6 cm³/mol. The van der Waals surface area contributed by atoms with E-state index in [0.29, 0.717) is 12.4 Å². The first-order valence-corrected chi connectivity index (χ1v) is 7.51. The van der Waals surface area contributed by atoms with Crippen molar-refractivity contribution in [3.63, 3.8) is 0 Å². The first kappa shape index (κ1) is 13.9. The van der Waals surface area contributed by atoms with Crippen LogP contribution in [0.25, 0.3) is 10.1 Å². The van der Waals surface area contributed by atoms with Crippen molar-refractivity contribution < 1.29 is 14.6 Å². The molecule has 2 aromatic carbocycles. The highest BCUT2D eigenvalue weighted by molar-refractivity contribution is 7.17. The van der Waals surface area contributed by atoms with E-state index in [9.17, 15) is 4.79 Å². The molecule has 0 aliphatic carbocycles. The molecular formula is C16H11ClO3S.